The van der Waals surface area contributed by atoms with Crippen LogP contribution in [0, 0.1) is 0 Å². The minimum atomic E-state index is -1.01. The summed E-state index contributed by atoms with van der Waals surface area (Å²) in [6, 6.07) is 8.08. The molecule has 1 saturated heterocycles. The third-order valence-electron chi connectivity index (χ3n) is 3.34. The van der Waals surface area contributed by atoms with Crippen molar-refractivity contribution in [2.75, 3.05) is 5.33 Å². The van der Waals surface area contributed by atoms with Crippen LogP contribution in [0.15, 0.2) is 30.3 Å². The summed E-state index contributed by atoms with van der Waals surface area (Å²) in [6.45, 7) is 1.38. The second-order valence-electron chi connectivity index (χ2n) is 5.06. The molecule has 120 valence electrons. The molecule has 22 heavy (non-hydrogen) atoms. The quantitative estimate of drug-likeness (QED) is 0.613. The molecule has 4 atom stereocenters. The lowest BCUT2D eigenvalue weighted by molar-refractivity contribution is -0.201. The Bertz CT molecular complexity index is 524. The Hall–Kier alpha value is -1.44. The summed E-state index contributed by atoms with van der Waals surface area (Å²) in [5.41, 5.74) is 0.420. The lowest BCUT2D eigenvalue weighted by Crippen LogP contribution is -2.57. The predicted octanol–water partition coefficient (Wildman–Crippen LogP) is 1.22. The summed E-state index contributed by atoms with van der Waals surface area (Å²) < 4.78 is 10.9. The number of esters is 1. The number of carbonyl (C=O) groups excluding carboxylic acids is 2. The molecular weight excluding hydrogens is 354 g/mol. The van der Waals surface area contributed by atoms with Crippen molar-refractivity contribution in [1.29, 1.82) is 0 Å². The maximum atomic E-state index is 12.2. The highest BCUT2D eigenvalue weighted by Crippen LogP contribution is 2.24. The number of aliphatic hydroxyl groups excluding tert-OH is 1. The fourth-order valence-corrected chi connectivity index (χ4v) is 2.92. The largest absolute Gasteiger partial charge is 0.454 e. The molecule has 2 rings (SSSR count). The first-order valence-electron chi connectivity index (χ1n) is 6.94. The van der Waals surface area contributed by atoms with Crippen molar-refractivity contribution in [1.82, 2.24) is 5.32 Å². The van der Waals surface area contributed by atoms with E-state index >= 15 is 0 Å². The fourth-order valence-electron chi connectivity index (χ4n) is 2.40. The average molecular weight is 372 g/mol. The van der Waals surface area contributed by atoms with Gasteiger partial charge >= 0.3 is 5.97 Å². The molecule has 1 aliphatic rings. The minimum absolute atomic E-state index is 0.163. The highest BCUT2D eigenvalue weighted by atomic mass is 79.9. The first kappa shape index (κ1) is 16.9. The minimum Gasteiger partial charge on any atom is -0.454 e. The van der Waals surface area contributed by atoms with E-state index in [0.717, 1.165) is 0 Å². The van der Waals surface area contributed by atoms with Gasteiger partial charge in [-0.15, -0.1) is 0 Å². The van der Waals surface area contributed by atoms with Crippen molar-refractivity contribution in [2.24, 2.45) is 0 Å². The molecule has 2 N–H and O–H groups in total. The number of hydrogen-bond donors (Lipinski definition) is 2. The van der Waals surface area contributed by atoms with E-state index in [1.807, 2.05) is 0 Å². The molecule has 6 nitrogen and oxygen atoms in total. The molecule has 7 heteroatoms. The van der Waals surface area contributed by atoms with Gasteiger partial charge in [-0.25, -0.2) is 4.79 Å². The summed E-state index contributed by atoms with van der Waals surface area (Å²) in [7, 11) is 0. The zero-order chi connectivity index (χ0) is 16.1. The molecule has 1 amide bonds. The number of ether oxygens (including phenoxy) is 2. The molecule has 0 saturated carbocycles. The number of alkyl halides is 1. The number of amides is 1. The summed E-state index contributed by atoms with van der Waals surface area (Å²) in [4.78, 5) is 23.5. The Morgan fingerprint density at radius 3 is 2.68 bits per heavy atom. The molecule has 1 fully saturated rings. The van der Waals surface area contributed by atoms with Crippen LogP contribution in [0.1, 0.15) is 23.7 Å². The lowest BCUT2D eigenvalue weighted by atomic mass is 9.99. The van der Waals surface area contributed by atoms with Crippen LogP contribution in [0.4, 0.5) is 0 Å². The first-order chi connectivity index (χ1) is 10.5. The monoisotopic (exact) mass is 371 g/mol. The molecule has 1 aromatic carbocycles. The second kappa shape index (κ2) is 7.71. The van der Waals surface area contributed by atoms with Crippen LogP contribution in [0.2, 0.25) is 0 Å². The average Bonchev–Trinajstić information content (AvgIpc) is 2.49. The third-order valence-corrected chi connectivity index (χ3v) is 3.98. The molecule has 1 aliphatic heterocycles. The summed E-state index contributed by atoms with van der Waals surface area (Å²) in [5.74, 6) is -0.750. The number of halogens is 1. The van der Waals surface area contributed by atoms with Crippen molar-refractivity contribution < 1.29 is 24.2 Å². The number of benzene rings is 1. The summed E-state index contributed by atoms with van der Waals surface area (Å²) in [5, 5.41) is 12.8. The van der Waals surface area contributed by atoms with E-state index in [1.165, 1.54) is 6.92 Å². The third kappa shape index (κ3) is 4.28. The van der Waals surface area contributed by atoms with Crippen molar-refractivity contribution in [3.05, 3.63) is 35.9 Å². The van der Waals surface area contributed by atoms with E-state index in [-0.39, 0.29) is 12.3 Å². The van der Waals surface area contributed by atoms with E-state index in [1.54, 1.807) is 30.3 Å². The number of hydrogen-bond acceptors (Lipinski definition) is 5. The van der Waals surface area contributed by atoms with Gasteiger partial charge in [-0.1, -0.05) is 34.1 Å². The van der Waals surface area contributed by atoms with Crippen molar-refractivity contribution in [2.45, 2.75) is 37.9 Å². The van der Waals surface area contributed by atoms with E-state index in [4.69, 9.17) is 9.47 Å². The molecular formula is C15H18BrNO5. The molecule has 0 aliphatic carbocycles. The van der Waals surface area contributed by atoms with Gasteiger partial charge in [0.25, 0.3) is 0 Å². The van der Waals surface area contributed by atoms with Gasteiger partial charge in [-0.3, -0.25) is 4.79 Å². The van der Waals surface area contributed by atoms with Crippen LogP contribution in [0.25, 0.3) is 0 Å². The topological polar surface area (TPSA) is 84.9 Å². The molecule has 0 spiro atoms. The summed E-state index contributed by atoms with van der Waals surface area (Å²) in [6.07, 6.45) is -2.07. The van der Waals surface area contributed by atoms with Gasteiger partial charge in [0, 0.05) is 18.7 Å². The standard InChI is InChI=1S/C15H18BrNO5/c1-9(18)17-11-7-13(19)21-12(8-16)14(11)22-15(20)10-5-3-2-4-6-10/h2-6,11-14,19H,7-8H2,1H3,(H,17,18)/t11-,12+,13-,14+/m0/s1. The van der Waals surface area contributed by atoms with E-state index < -0.39 is 30.5 Å². The summed E-state index contributed by atoms with van der Waals surface area (Å²) >= 11 is 3.28. The zero-order valence-electron chi connectivity index (χ0n) is 12.1. The van der Waals surface area contributed by atoms with Crippen molar-refractivity contribution >= 4 is 27.8 Å². The van der Waals surface area contributed by atoms with Crippen molar-refractivity contribution in [3.63, 3.8) is 0 Å². The fraction of sp³-hybridized carbons (Fsp3) is 0.467. The number of aliphatic hydroxyl groups is 1. The maximum Gasteiger partial charge on any atom is 0.338 e. The smallest absolute Gasteiger partial charge is 0.338 e. The first-order valence-corrected chi connectivity index (χ1v) is 8.06. The van der Waals surface area contributed by atoms with Gasteiger partial charge in [0.1, 0.15) is 12.2 Å². The van der Waals surface area contributed by atoms with Crippen LogP contribution < -0.4 is 5.32 Å². The van der Waals surface area contributed by atoms with Gasteiger partial charge in [-0.2, -0.15) is 0 Å². The Kier molecular flexibility index (Phi) is 5.93. The molecule has 1 aromatic rings. The SMILES string of the molecule is CC(=O)N[C@H]1C[C@@H](O)O[C@H](CBr)[C@@H]1OC(=O)c1ccccc1. The molecule has 0 bridgehead atoms. The Morgan fingerprint density at radius 2 is 2.09 bits per heavy atom. The molecule has 1 heterocycles. The van der Waals surface area contributed by atoms with Crippen molar-refractivity contribution in [3.8, 4) is 0 Å². The normalized spacial score (nSPS) is 28.0. The molecule has 0 radical (unpaired) electrons. The Labute approximate surface area is 136 Å². The van der Waals surface area contributed by atoms with E-state index in [2.05, 4.69) is 21.2 Å². The molecule has 0 unspecified atom stereocenters. The van der Waals surface area contributed by atoms with Crippen LogP contribution >= 0.6 is 15.9 Å². The van der Waals surface area contributed by atoms with Gasteiger partial charge in [-0.05, 0) is 12.1 Å². The Balaban J connectivity index is 2.15. The highest BCUT2D eigenvalue weighted by Gasteiger charge is 2.41. The van der Waals surface area contributed by atoms with Crippen LogP contribution in [0.5, 0.6) is 0 Å². The van der Waals surface area contributed by atoms with Gasteiger partial charge < -0.3 is 19.9 Å². The molecule has 0 aromatic heterocycles. The highest BCUT2D eigenvalue weighted by molar-refractivity contribution is 9.09. The lowest BCUT2D eigenvalue weighted by Gasteiger charge is -2.39. The second-order valence-corrected chi connectivity index (χ2v) is 5.71. The van der Waals surface area contributed by atoms with Gasteiger partial charge in [0.2, 0.25) is 5.91 Å². The number of carbonyl (C=O) groups is 2. The van der Waals surface area contributed by atoms with Crippen LogP contribution in [0.3, 0.4) is 0 Å². The maximum absolute atomic E-state index is 12.2. The van der Waals surface area contributed by atoms with Crippen LogP contribution in [-0.4, -0.2) is 46.9 Å². The predicted molar refractivity (Wildman–Crippen MR) is 82.5 cm³/mol. The van der Waals surface area contributed by atoms with Gasteiger partial charge in [0.15, 0.2) is 6.29 Å². The number of rotatable bonds is 4. The van der Waals surface area contributed by atoms with E-state index in [0.29, 0.717) is 10.9 Å². The zero-order valence-corrected chi connectivity index (χ0v) is 13.7. The number of nitrogens with one attached hydrogen (secondary N) is 1. The van der Waals surface area contributed by atoms with Crippen LogP contribution in [-0.2, 0) is 14.3 Å². The Morgan fingerprint density at radius 1 is 1.41 bits per heavy atom. The van der Waals surface area contributed by atoms with Gasteiger partial charge in [0.05, 0.1) is 11.6 Å². The van der Waals surface area contributed by atoms with E-state index in [9.17, 15) is 14.7 Å².